The van der Waals surface area contributed by atoms with Gasteiger partial charge in [-0.05, 0) is 135 Å². The van der Waals surface area contributed by atoms with E-state index in [0.29, 0.717) is 34.6 Å². The van der Waals surface area contributed by atoms with E-state index in [1.165, 1.54) is 12.1 Å². The van der Waals surface area contributed by atoms with Gasteiger partial charge in [0.1, 0.15) is 0 Å². The third kappa shape index (κ3) is 9.89. The maximum absolute atomic E-state index is 12.0. The van der Waals surface area contributed by atoms with Crippen LogP contribution in [-0.4, -0.2) is 62.2 Å². The summed E-state index contributed by atoms with van der Waals surface area (Å²) in [6.45, 7) is 8.58. The molecule has 1 aliphatic heterocycles. The molecule has 0 spiro atoms. The molecule has 1 heterocycles. The van der Waals surface area contributed by atoms with Crippen LogP contribution in [0, 0.1) is 0 Å². The Morgan fingerprint density at radius 2 is 1.44 bits per heavy atom. The summed E-state index contributed by atoms with van der Waals surface area (Å²) in [6.07, 6.45) is 11.0. The average molecular weight is 959 g/mol. The molecule has 2 aliphatic carbocycles. The lowest BCUT2D eigenvalue weighted by Gasteiger charge is -2.27. The van der Waals surface area contributed by atoms with Gasteiger partial charge < -0.3 is 4.90 Å². The van der Waals surface area contributed by atoms with E-state index in [2.05, 4.69) is 29.3 Å². The Bertz CT molecular complexity index is 3020. The minimum absolute atomic E-state index is 0.135. The van der Waals surface area contributed by atoms with Gasteiger partial charge in [0.15, 0.2) is 0 Å². The molecule has 0 aromatic heterocycles. The first-order chi connectivity index (χ1) is 29.5. The van der Waals surface area contributed by atoms with Crippen LogP contribution < -0.4 is 4.90 Å². The molecular formula is C45H48ClNO12S4. The van der Waals surface area contributed by atoms with E-state index in [9.17, 15) is 38.9 Å². The second-order valence-electron chi connectivity index (χ2n) is 17.0. The lowest BCUT2D eigenvalue weighted by molar-refractivity contribution is -0.432. The lowest BCUT2D eigenvalue weighted by atomic mass is 9.78. The van der Waals surface area contributed by atoms with Gasteiger partial charge >= 0.3 is 0 Å². The van der Waals surface area contributed by atoms with E-state index in [-0.39, 0.29) is 30.0 Å². The van der Waals surface area contributed by atoms with Crippen molar-refractivity contribution in [3.05, 3.63) is 129 Å². The molecule has 18 heteroatoms. The van der Waals surface area contributed by atoms with Gasteiger partial charge in [0.25, 0.3) is 30.4 Å². The lowest BCUT2D eigenvalue weighted by Crippen LogP contribution is -2.28. The van der Waals surface area contributed by atoms with Gasteiger partial charge in [-0.3, -0.25) is 13.7 Å². The van der Waals surface area contributed by atoms with E-state index in [1.807, 2.05) is 73.4 Å². The fourth-order valence-corrected chi connectivity index (χ4v) is 11.7. The maximum Gasteiger partial charge on any atom is 0.294 e. The molecule has 13 nitrogen and oxygen atoms in total. The highest BCUT2D eigenvalue weighted by Gasteiger charge is 2.42. The Hall–Kier alpha value is -3.85. The Kier molecular flexibility index (Phi) is 13.4. The van der Waals surface area contributed by atoms with Crippen molar-refractivity contribution >= 4 is 86.8 Å². The van der Waals surface area contributed by atoms with Gasteiger partial charge in [-0.1, -0.05) is 92.9 Å². The first-order valence-corrected chi connectivity index (χ1v) is 26.0. The van der Waals surface area contributed by atoms with Crippen LogP contribution >= 0.6 is 23.6 Å². The van der Waals surface area contributed by atoms with Crippen LogP contribution in [0.1, 0.15) is 82.9 Å². The number of hydrogen-bond acceptors (Lipinski definition) is 11. The molecule has 7 rings (SSSR count). The maximum atomic E-state index is 12.0. The molecular weight excluding hydrogens is 910 g/mol. The summed E-state index contributed by atoms with van der Waals surface area (Å²) in [5, 5.41) is 16.3. The summed E-state index contributed by atoms with van der Waals surface area (Å²) in [5.74, 6) is -0.813. The molecule has 0 bridgehead atoms. The molecule has 4 N–H and O–H groups in total. The van der Waals surface area contributed by atoms with Crippen molar-refractivity contribution in [3.63, 3.8) is 0 Å². The first kappa shape index (κ1) is 47.1. The standard InChI is InChI=1S/C45H48ClNO12S4/c1-44(2)38(36(10-6-24-61(49,50)51)37-17-11-30-26-32(60-59-58-48)15-18-34(30)41(37)44)20-12-28-8-5-9-29(43(28)46)14-22-40-45(3,4)42-35-19-16-33(63(55,56)57)27-31(35)13-21-39(42)47(40)23-7-25-62(52,53)54/h11-22,26-27,48H,5-10,23-25H2,1-4H3,(H,49,50,51)(H,52,53,54)(H,55,56,57)/b20-12+,29-14+,40-22+. The summed E-state index contributed by atoms with van der Waals surface area (Å²) in [7, 11) is -12.8. The molecule has 336 valence electrons. The third-order valence-corrected chi connectivity index (χ3v) is 15.7. The Balaban J connectivity index is 1.27. The first-order valence-electron chi connectivity index (χ1n) is 20.2. The fourth-order valence-electron chi connectivity index (χ4n) is 9.46. The zero-order valence-electron chi connectivity index (χ0n) is 35.0. The quantitative estimate of drug-likeness (QED) is 0.0379. The molecule has 0 atom stereocenters. The minimum atomic E-state index is -4.44. The molecule has 3 aliphatic rings. The number of nitrogens with zero attached hydrogens (tertiary/aromatic N) is 1. The highest BCUT2D eigenvalue weighted by atomic mass is 35.5. The van der Waals surface area contributed by atoms with Crippen molar-refractivity contribution in [2.24, 2.45) is 0 Å². The molecule has 0 unspecified atom stereocenters. The third-order valence-electron chi connectivity index (χ3n) is 12.2. The zero-order valence-corrected chi connectivity index (χ0v) is 39.0. The average Bonchev–Trinajstić information content (AvgIpc) is 3.55. The SMILES string of the molecule is CC1(C)C(/C=C/C2=C(Cl)C(=C/C=C3/N(CCCS(=O)(=O)O)c4ccc5cc(S(=O)(=O)O)ccc5c4C3(C)C)/CCC2)=C(CCCS(=O)(=O)O)c2ccc3cc(SOOO)ccc3c21. The highest BCUT2D eigenvalue weighted by Crippen LogP contribution is 2.53. The summed E-state index contributed by atoms with van der Waals surface area (Å²) in [4.78, 5) is 2.50. The van der Waals surface area contributed by atoms with E-state index in [4.69, 9.17) is 16.9 Å². The highest BCUT2D eigenvalue weighted by molar-refractivity contribution is 7.94. The monoisotopic (exact) mass is 957 g/mol. The van der Waals surface area contributed by atoms with E-state index >= 15 is 0 Å². The fraction of sp³-hybridized carbons (Fsp3) is 0.333. The van der Waals surface area contributed by atoms with Gasteiger partial charge in [0.05, 0.1) is 28.4 Å². The summed E-state index contributed by atoms with van der Waals surface area (Å²) in [5.41, 5.74) is 7.19. The molecule has 4 aromatic carbocycles. The van der Waals surface area contributed by atoms with Crippen LogP contribution in [0.2, 0.25) is 0 Å². The zero-order chi connectivity index (χ0) is 45.7. The topological polar surface area (TPSA) is 205 Å². The molecule has 0 saturated heterocycles. The second-order valence-corrected chi connectivity index (χ2v) is 22.7. The molecule has 0 amide bonds. The molecule has 63 heavy (non-hydrogen) atoms. The van der Waals surface area contributed by atoms with Crippen LogP contribution in [-0.2, 0) is 50.6 Å². The molecule has 0 saturated carbocycles. The smallest absolute Gasteiger partial charge is 0.294 e. The normalized spacial score (nSPS) is 19.1. The molecule has 4 aromatic rings. The van der Waals surface area contributed by atoms with Gasteiger partial charge in [0, 0.05) is 38.7 Å². The number of halogens is 1. The van der Waals surface area contributed by atoms with Crippen LogP contribution in [0.4, 0.5) is 5.69 Å². The van der Waals surface area contributed by atoms with Crippen molar-refractivity contribution in [2.45, 2.75) is 86.8 Å². The number of rotatable bonds is 15. The van der Waals surface area contributed by atoms with Gasteiger partial charge in [0.2, 0.25) is 0 Å². The van der Waals surface area contributed by atoms with Crippen molar-refractivity contribution in [1.29, 1.82) is 0 Å². The minimum Gasteiger partial charge on any atom is -0.344 e. The second kappa shape index (κ2) is 17.9. The Labute approximate surface area is 377 Å². The molecule has 0 fully saturated rings. The van der Waals surface area contributed by atoms with Gasteiger partial charge in [-0.2, -0.15) is 25.3 Å². The van der Waals surface area contributed by atoms with Crippen molar-refractivity contribution in [1.82, 2.24) is 0 Å². The number of anilines is 1. The van der Waals surface area contributed by atoms with Crippen LogP contribution in [0.3, 0.4) is 0 Å². The van der Waals surface area contributed by atoms with E-state index in [0.717, 1.165) is 85.0 Å². The molecule has 0 radical (unpaired) electrons. The number of allylic oxidation sites excluding steroid dienone is 10. The van der Waals surface area contributed by atoms with Gasteiger partial charge in [-0.25, -0.2) is 5.26 Å². The van der Waals surface area contributed by atoms with Crippen molar-refractivity contribution in [3.8, 4) is 0 Å². The van der Waals surface area contributed by atoms with Crippen LogP contribution in [0.15, 0.2) is 122 Å². The summed E-state index contributed by atoms with van der Waals surface area (Å²) < 4.78 is 104. The van der Waals surface area contributed by atoms with Gasteiger partial charge in [-0.15, -0.1) is 4.33 Å². The van der Waals surface area contributed by atoms with E-state index in [1.54, 1.807) is 12.1 Å². The Morgan fingerprint density at radius 1 is 0.778 bits per heavy atom. The summed E-state index contributed by atoms with van der Waals surface area (Å²) >= 11 is 8.11. The van der Waals surface area contributed by atoms with E-state index < -0.39 is 46.9 Å². The predicted octanol–water partition coefficient (Wildman–Crippen LogP) is 10.5. The number of fused-ring (bicyclic) bond motifs is 6. The van der Waals surface area contributed by atoms with Crippen LogP contribution in [0.5, 0.6) is 0 Å². The predicted molar refractivity (Wildman–Crippen MR) is 247 cm³/mol. The number of benzene rings is 4. The number of hydrogen-bond donors (Lipinski definition) is 4. The van der Waals surface area contributed by atoms with Crippen LogP contribution in [0.25, 0.3) is 27.1 Å². The Morgan fingerprint density at radius 3 is 2.14 bits per heavy atom. The summed E-state index contributed by atoms with van der Waals surface area (Å²) in [6, 6.07) is 17.8. The van der Waals surface area contributed by atoms with Crippen molar-refractivity contribution < 1.29 is 53.5 Å². The van der Waals surface area contributed by atoms with Crippen molar-refractivity contribution in [2.75, 3.05) is 23.0 Å². The largest absolute Gasteiger partial charge is 0.344 e.